The summed E-state index contributed by atoms with van der Waals surface area (Å²) in [4.78, 5) is 19.7. The highest BCUT2D eigenvalue weighted by Gasteiger charge is 2.10. The van der Waals surface area contributed by atoms with E-state index in [1.165, 1.54) is 13.2 Å². The normalized spacial score (nSPS) is 10.0. The Morgan fingerprint density at radius 1 is 1.24 bits per heavy atom. The van der Waals surface area contributed by atoms with Gasteiger partial charge >= 0.3 is 5.97 Å². The van der Waals surface area contributed by atoms with Crippen molar-refractivity contribution >= 4 is 5.97 Å². The Morgan fingerprint density at radius 3 is 2.71 bits per heavy atom. The van der Waals surface area contributed by atoms with E-state index in [4.69, 9.17) is 0 Å². The molecule has 0 unspecified atom stereocenters. The number of benzene rings is 1. The summed E-state index contributed by atoms with van der Waals surface area (Å²) in [6.45, 7) is 1.98. The zero-order valence-corrected chi connectivity index (χ0v) is 9.68. The monoisotopic (exact) mass is 228 g/mol. The van der Waals surface area contributed by atoms with Crippen molar-refractivity contribution in [2.24, 2.45) is 0 Å². The second-order valence-corrected chi connectivity index (χ2v) is 3.57. The van der Waals surface area contributed by atoms with Crippen molar-refractivity contribution in [1.29, 1.82) is 0 Å². The van der Waals surface area contributed by atoms with Gasteiger partial charge in [-0.25, -0.2) is 14.8 Å². The number of aryl methyl sites for hydroxylation is 1. The lowest BCUT2D eigenvalue weighted by Crippen LogP contribution is -2.05. The quantitative estimate of drug-likeness (QED) is 0.740. The maximum absolute atomic E-state index is 11.4. The van der Waals surface area contributed by atoms with Crippen LogP contribution in [0.4, 0.5) is 0 Å². The number of aromatic nitrogens is 2. The fourth-order valence-electron chi connectivity index (χ4n) is 1.53. The summed E-state index contributed by atoms with van der Waals surface area (Å²) in [7, 11) is 1.33. The van der Waals surface area contributed by atoms with Crippen LogP contribution in [0.2, 0.25) is 0 Å². The van der Waals surface area contributed by atoms with Gasteiger partial charge in [0.25, 0.3) is 0 Å². The van der Waals surface area contributed by atoms with E-state index in [1.54, 1.807) is 6.20 Å². The Morgan fingerprint density at radius 2 is 2.00 bits per heavy atom. The van der Waals surface area contributed by atoms with Gasteiger partial charge in [-0.2, -0.15) is 0 Å². The third-order valence-corrected chi connectivity index (χ3v) is 2.44. The molecule has 86 valence electrons. The van der Waals surface area contributed by atoms with E-state index in [2.05, 4.69) is 14.7 Å². The molecule has 2 aromatic rings. The van der Waals surface area contributed by atoms with Crippen LogP contribution < -0.4 is 0 Å². The number of hydrogen-bond donors (Lipinski definition) is 0. The predicted octanol–water partition coefficient (Wildman–Crippen LogP) is 2.24. The van der Waals surface area contributed by atoms with Crippen molar-refractivity contribution in [3.63, 3.8) is 0 Å². The summed E-state index contributed by atoms with van der Waals surface area (Å²) in [5, 5.41) is 0. The second-order valence-electron chi connectivity index (χ2n) is 3.57. The van der Waals surface area contributed by atoms with Gasteiger partial charge in [0, 0.05) is 11.8 Å². The zero-order valence-electron chi connectivity index (χ0n) is 9.68. The van der Waals surface area contributed by atoms with Crippen LogP contribution in [0.1, 0.15) is 16.1 Å². The number of hydrogen-bond acceptors (Lipinski definition) is 4. The summed E-state index contributed by atoms with van der Waals surface area (Å²) in [6, 6.07) is 9.29. The molecule has 0 saturated carbocycles. The van der Waals surface area contributed by atoms with Gasteiger partial charge in [0.05, 0.1) is 7.11 Å². The first-order valence-electron chi connectivity index (χ1n) is 5.19. The molecule has 4 nitrogen and oxygen atoms in total. The lowest BCUT2D eigenvalue weighted by molar-refractivity contribution is 0.0594. The standard InChI is InChI=1S/C13H12N2O2/c1-9-5-3-4-6-10(9)12-14-8-7-11(15-12)13(16)17-2/h3-8H,1-2H3. The highest BCUT2D eigenvalue weighted by Crippen LogP contribution is 2.18. The van der Waals surface area contributed by atoms with Crippen LogP contribution in [0.5, 0.6) is 0 Å². The van der Waals surface area contributed by atoms with E-state index in [-0.39, 0.29) is 5.69 Å². The first-order valence-corrected chi connectivity index (χ1v) is 5.19. The van der Waals surface area contributed by atoms with Gasteiger partial charge in [-0.1, -0.05) is 24.3 Å². The summed E-state index contributed by atoms with van der Waals surface area (Å²) in [6.07, 6.45) is 1.56. The summed E-state index contributed by atoms with van der Waals surface area (Å²) in [5.74, 6) is 0.0771. The highest BCUT2D eigenvalue weighted by atomic mass is 16.5. The molecule has 1 heterocycles. The van der Waals surface area contributed by atoms with Crippen molar-refractivity contribution in [2.45, 2.75) is 6.92 Å². The Hall–Kier alpha value is -2.23. The maximum Gasteiger partial charge on any atom is 0.356 e. The van der Waals surface area contributed by atoms with Gasteiger partial charge in [-0.05, 0) is 18.6 Å². The molecule has 0 aliphatic rings. The van der Waals surface area contributed by atoms with E-state index in [0.717, 1.165) is 11.1 Å². The molecule has 1 aromatic heterocycles. The number of nitrogens with zero attached hydrogens (tertiary/aromatic N) is 2. The predicted molar refractivity (Wildman–Crippen MR) is 63.5 cm³/mol. The average molecular weight is 228 g/mol. The number of carbonyl (C=O) groups is 1. The molecule has 0 radical (unpaired) electrons. The molecule has 0 N–H and O–H groups in total. The van der Waals surface area contributed by atoms with Gasteiger partial charge < -0.3 is 4.74 Å². The first-order chi connectivity index (χ1) is 8.22. The van der Waals surface area contributed by atoms with Crippen molar-refractivity contribution < 1.29 is 9.53 Å². The minimum Gasteiger partial charge on any atom is -0.464 e. The molecule has 17 heavy (non-hydrogen) atoms. The third kappa shape index (κ3) is 2.30. The molecule has 0 atom stereocenters. The Balaban J connectivity index is 2.47. The van der Waals surface area contributed by atoms with E-state index in [1.807, 2.05) is 31.2 Å². The van der Waals surface area contributed by atoms with Crippen LogP contribution in [0.3, 0.4) is 0 Å². The molecule has 0 fully saturated rings. The third-order valence-electron chi connectivity index (χ3n) is 2.44. The summed E-state index contributed by atoms with van der Waals surface area (Å²) >= 11 is 0. The van der Waals surface area contributed by atoms with Crippen LogP contribution in [0.25, 0.3) is 11.4 Å². The highest BCUT2D eigenvalue weighted by molar-refractivity contribution is 5.87. The topological polar surface area (TPSA) is 52.1 Å². The zero-order chi connectivity index (χ0) is 12.3. The molecule has 0 saturated heterocycles. The Bertz CT molecular complexity index is 553. The van der Waals surface area contributed by atoms with Crippen LogP contribution >= 0.6 is 0 Å². The van der Waals surface area contributed by atoms with Crippen LogP contribution in [-0.2, 0) is 4.74 Å². The number of carbonyl (C=O) groups excluding carboxylic acids is 1. The molecule has 0 amide bonds. The fraction of sp³-hybridized carbons (Fsp3) is 0.154. The molecular weight excluding hydrogens is 216 g/mol. The largest absolute Gasteiger partial charge is 0.464 e. The van der Waals surface area contributed by atoms with E-state index in [9.17, 15) is 4.79 Å². The van der Waals surface area contributed by atoms with Gasteiger partial charge in [-0.15, -0.1) is 0 Å². The van der Waals surface area contributed by atoms with E-state index in [0.29, 0.717) is 5.82 Å². The number of rotatable bonds is 2. The minimum atomic E-state index is -0.456. The molecule has 0 aliphatic heterocycles. The SMILES string of the molecule is COC(=O)c1ccnc(-c2ccccc2C)n1. The molecule has 4 heteroatoms. The molecule has 0 spiro atoms. The molecule has 1 aromatic carbocycles. The van der Waals surface area contributed by atoms with Crippen molar-refractivity contribution in [1.82, 2.24) is 9.97 Å². The lowest BCUT2D eigenvalue weighted by atomic mass is 10.1. The van der Waals surface area contributed by atoms with E-state index >= 15 is 0 Å². The Kier molecular flexibility index (Phi) is 3.14. The molecule has 2 rings (SSSR count). The number of methoxy groups -OCH3 is 1. The van der Waals surface area contributed by atoms with Crippen molar-refractivity contribution in [3.05, 3.63) is 47.8 Å². The average Bonchev–Trinajstić information content (AvgIpc) is 2.38. The molecule has 0 bridgehead atoms. The van der Waals surface area contributed by atoms with Crippen LogP contribution in [0, 0.1) is 6.92 Å². The van der Waals surface area contributed by atoms with E-state index < -0.39 is 5.97 Å². The lowest BCUT2D eigenvalue weighted by Gasteiger charge is -2.05. The molecule has 0 aliphatic carbocycles. The van der Waals surface area contributed by atoms with Crippen LogP contribution in [0.15, 0.2) is 36.5 Å². The summed E-state index contributed by atoms with van der Waals surface area (Å²) in [5.41, 5.74) is 2.24. The van der Waals surface area contributed by atoms with Gasteiger partial charge in [0.15, 0.2) is 11.5 Å². The van der Waals surface area contributed by atoms with Gasteiger partial charge in [-0.3, -0.25) is 0 Å². The maximum atomic E-state index is 11.4. The smallest absolute Gasteiger partial charge is 0.356 e. The van der Waals surface area contributed by atoms with Gasteiger partial charge in [0.1, 0.15) is 0 Å². The fourth-order valence-corrected chi connectivity index (χ4v) is 1.53. The number of esters is 1. The summed E-state index contributed by atoms with van der Waals surface area (Å²) < 4.78 is 4.63. The minimum absolute atomic E-state index is 0.265. The number of ether oxygens (including phenoxy) is 1. The van der Waals surface area contributed by atoms with Gasteiger partial charge in [0.2, 0.25) is 0 Å². The van der Waals surface area contributed by atoms with Crippen molar-refractivity contribution in [3.8, 4) is 11.4 Å². The van der Waals surface area contributed by atoms with Crippen molar-refractivity contribution in [2.75, 3.05) is 7.11 Å². The Labute approximate surface area is 99.3 Å². The molecular formula is C13H12N2O2. The second kappa shape index (κ2) is 4.74. The first kappa shape index (κ1) is 11.3. The van der Waals surface area contributed by atoms with Crippen LogP contribution in [-0.4, -0.2) is 23.0 Å².